The molecule has 1 aromatic heterocycles. The lowest BCUT2D eigenvalue weighted by molar-refractivity contribution is -0.115. The van der Waals surface area contributed by atoms with Crippen LogP contribution in [0, 0.1) is 5.82 Å². The highest BCUT2D eigenvalue weighted by atomic mass is 35.5. The van der Waals surface area contributed by atoms with Crippen LogP contribution >= 0.6 is 11.6 Å². The van der Waals surface area contributed by atoms with E-state index in [4.69, 9.17) is 16.3 Å². The molecule has 3 aromatic rings. The zero-order chi connectivity index (χ0) is 24.1. The van der Waals surface area contributed by atoms with E-state index in [2.05, 4.69) is 20.5 Å². The number of aromatic nitrogens is 1. The highest BCUT2D eigenvalue weighted by molar-refractivity contribution is 6.33. The predicted molar refractivity (Wildman–Crippen MR) is 131 cm³/mol. The van der Waals surface area contributed by atoms with Gasteiger partial charge in [-0.15, -0.1) is 0 Å². The van der Waals surface area contributed by atoms with Gasteiger partial charge in [-0.1, -0.05) is 11.6 Å². The van der Waals surface area contributed by atoms with Crippen LogP contribution < -0.4 is 15.4 Å². The van der Waals surface area contributed by atoms with Gasteiger partial charge in [0.2, 0.25) is 5.91 Å². The molecular formula is C25H28ClFN4O3. The van der Waals surface area contributed by atoms with Crippen molar-refractivity contribution in [2.75, 3.05) is 38.6 Å². The molecule has 1 unspecified atom stereocenters. The minimum atomic E-state index is -0.649. The van der Waals surface area contributed by atoms with E-state index in [0.29, 0.717) is 11.6 Å². The minimum Gasteiger partial charge on any atom is -0.497 e. The van der Waals surface area contributed by atoms with Gasteiger partial charge in [0.05, 0.1) is 36.0 Å². The Hall–Kier alpha value is -2.78. The van der Waals surface area contributed by atoms with E-state index in [1.165, 1.54) is 18.2 Å². The number of aliphatic hydroxyl groups is 1. The number of likely N-dealkylation sites (tertiary alicyclic amines) is 1. The summed E-state index contributed by atoms with van der Waals surface area (Å²) in [6.07, 6.45) is 2.77. The van der Waals surface area contributed by atoms with Crippen LogP contribution in [0.15, 0.2) is 48.7 Å². The van der Waals surface area contributed by atoms with Gasteiger partial charge in [0, 0.05) is 24.2 Å². The summed E-state index contributed by atoms with van der Waals surface area (Å²) >= 11 is 6.00. The van der Waals surface area contributed by atoms with Crippen molar-refractivity contribution >= 4 is 34.1 Å². The van der Waals surface area contributed by atoms with Gasteiger partial charge in [0.15, 0.2) is 0 Å². The van der Waals surface area contributed by atoms with Crippen LogP contribution in [0.5, 0.6) is 5.75 Å². The number of nitrogens with zero attached hydrogens (tertiary/aromatic N) is 2. The zero-order valence-electron chi connectivity index (χ0n) is 18.9. The lowest BCUT2D eigenvalue weighted by Gasteiger charge is -2.33. The second kappa shape index (κ2) is 11.1. The van der Waals surface area contributed by atoms with Gasteiger partial charge in [-0.25, -0.2) is 4.39 Å². The third-order valence-electron chi connectivity index (χ3n) is 6.11. The summed E-state index contributed by atoms with van der Waals surface area (Å²) < 4.78 is 18.7. The standard InChI is InChI=1S/C25H28ClFN4O3/c1-34-18-3-5-22-20(13-18)19(6-9-28-22)24(32)15-31-10-7-17(8-11-31)29-14-25(33)30-23-12-16(27)2-4-21(23)26/h2-6,9,12-13,17,24,29,32H,7-8,10-11,14-15H2,1H3,(H,30,33). The Bertz CT molecular complexity index is 1150. The van der Waals surface area contributed by atoms with E-state index in [-0.39, 0.29) is 24.2 Å². The van der Waals surface area contributed by atoms with Crippen LogP contribution in [0.4, 0.5) is 10.1 Å². The minimum absolute atomic E-state index is 0.116. The third kappa shape index (κ3) is 6.01. The number of carbonyl (C=O) groups excluding carboxylic acids is 1. The fourth-order valence-corrected chi connectivity index (χ4v) is 4.42. The topological polar surface area (TPSA) is 86.7 Å². The number of piperidine rings is 1. The van der Waals surface area contributed by atoms with E-state index in [0.717, 1.165) is 48.1 Å². The number of amides is 1. The number of ether oxygens (including phenoxy) is 1. The number of nitrogens with one attached hydrogen (secondary N) is 2. The van der Waals surface area contributed by atoms with E-state index < -0.39 is 11.9 Å². The molecule has 0 saturated carbocycles. The van der Waals surface area contributed by atoms with Crippen LogP contribution in [0.1, 0.15) is 24.5 Å². The largest absolute Gasteiger partial charge is 0.497 e. The van der Waals surface area contributed by atoms with E-state index in [1.54, 1.807) is 13.3 Å². The lowest BCUT2D eigenvalue weighted by atomic mass is 10.0. The first-order chi connectivity index (χ1) is 16.4. The molecule has 0 bridgehead atoms. The number of halogens is 2. The monoisotopic (exact) mass is 486 g/mol. The molecule has 2 aromatic carbocycles. The first kappa shape index (κ1) is 24.3. The molecule has 7 nitrogen and oxygen atoms in total. The average Bonchev–Trinajstić information content (AvgIpc) is 2.85. The predicted octanol–water partition coefficient (Wildman–Crippen LogP) is 3.76. The number of β-amino-alcohol motifs (C(OH)–C–C–N with tert-alkyl or cyclic N) is 1. The lowest BCUT2D eigenvalue weighted by Crippen LogP contribution is -2.45. The number of carbonyl (C=O) groups is 1. The molecule has 1 fully saturated rings. The van der Waals surface area contributed by atoms with Crippen molar-refractivity contribution in [3.8, 4) is 5.75 Å². The Morgan fingerprint density at radius 2 is 2.06 bits per heavy atom. The molecule has 0 aliphatic carbocycles. The van der Waals surface area contributed by atoms with Crippen molar-refractivity contribution in [2.24, 2.45) is 0 Å². The number of pyridine rings is 1. The summed E-state index contributed by atoms with van der Waals surface area (Å²) in [4.78, 5) is 18.8. The number of rotatable bonds is 8. The molecule has 3 N–H and O–H groups in total. The first-order valence-electron chi connectivity index (χ1n) is 11.2. The van der Waals surface area contributed by atoms with E-state index in [1.807, 2.05) is 24.3 Å². The van der Waals surface area contributed by atoms with Crippen molar-refractivity contribution in [2.45, 2.75) is 25.0 Å². The third-order valence-corrected chi connectivity index (χ3v) is 6.44. The van der Waals surface area contributed by atoms with Crippen LogP contribution in [0.25, 0.3) is 10.9 Å². The van der Waals surface area contributed by atoms with Crippen molar-refractivity contribution in [3.05, 3.63) is 65.1 Å². The van der Waals surface area contributed by atoms with Gasteiger partial charge < -0.3 is 25.4 Å². The molecule has 1 amide bonds. The normalized spacial score (nSPS) is 15.9. The Balaban J connectivity index is 1.26. The molecule has 2 heterocycles. The summed E-state index contributed by atoms with van der Waals surface area (Å²) in [5, 5.41) is 18.0. The summed E-state index contributed by atoms with van der Waals surface area (Å²) in [5.41, 5.74) is 1.91. The summed E-state index contributed by atoms with van der Waals surface area (Å²) in [5.74, 6) is -0.00369. The fraction of sp³-hybridized carbons (Fsp3) is 0.360. The number of fused-ring (bicyclic) bond motifs is 1. The summed E-state index contributed by atoms with van der Waals surface area (Å²) in [6, 6.07) is 11.5. The molecule has 1 aliphatic rings. The smallest absolute Gasteiger partial charge is 0.238 e. The molecule has 0 spiro atoms. The second-order valence-electron chi connectivity index (χ2n) is 8.43. The SMILES string of the molecule is COc1ccc2nccc(C(O)CN3CCC(NCC(=O)Nc4cc(F)ccc4Cl)CC3)c2c1. The van der Waals surface area contributed by atoms with Crippen LogP contribution in [0.3, 0.4) is 0 Å². The Morgan fingerprint density at radius 3 is 2.82 bits per heavy atom. The molecule has 1 aliphatic heterocycles. The van der Waals surface area contributed by atoms with Crippen molar-refractivity contribution in [1.29, 1.82) is 0 Å². The van der Waals surface area contributed by atoms with Gasteiger partial charge >= 0.3 is 0 Å². The second-order valence-corrected chi connectivity index (χ2v) is 8.83. The molecule has 1 atom stereocenters. The van der Waals surface area contributed by atoms with E-state index in [9.17, 15) is 14.3 Å². The molecule has 180 valence electrons. The highest BCUT2D eigenvalue weighted by Crippen LogP contribution is 2.28. The molecule has 0 radical (unpaired) electrons. The number of methoxy groups -OCH3 is 1. The van der Waals surface area contributed by atoms with E-state index >= 15 is 0 Å². The van der Waals surface area contributed by atoms with Crippen LogP contribution in [-0.4, -0.2) is 60.2 Å². The maximum absolute atomic E-state index is 13.4. The number of anilines is 1. The summed E-state index contributed by atoms with van der Waals surface area (Å²) in [6.45, 7) is 2.24. The molecule has 4 rings (SSSR count). The zero-order valence-corrected chi connectivity index (χ0v) is 19.7. The molecule has 34 heavy (non-hydrogen) atoms. The van der Waals surface area contributed by atoms with Crippen LogP contribution in [-0.2, 0) is 4.79 Å². The summed E-state index contributed by atoms with van der Waals surface area (Å²) in [7, 11) is 1.62. The first-order valence-corrected chi connectivity index (χ1v) is 11.6. The number of hydrogen-bond donors (Lipinski definition) is 3. The Labute approximate surface area is 202 Å². The van der Waals surface area contributed by atoms with Gasteiger partial charge in [0.1, 0.15) is 11.6 Å². The fourth-order valence-electron chi connectivity index (χ4n) is 4.25. The maximum atomic E-state index is 13.4. The van der Waals surface area contributed by atoms with Gasteiger partial charge in [-0.3, -0.25) is 9.78 Å². The highest BCUT2D eigenvalue weighted by Gasteiger charge is 2.23. The van der Waals surface area contributed by atoms with Crippen molar-refractivity contribution in [1.82, 2.24) is 15.2 Å². The molecule has 9 heteroatoms. The number of hydrogen-bond acceptors (Lipinski definition) is 6. The Kier molecular flexibility index (Phi) is 7.95. The van der Waals surface area contributed by atoms with Crippen molar-refractivity contribution < 1.29 is 19.0 Å². The van der Waals surface area contributed by atoms with Crippen LogP contribution in [0.2, 0.25) is 5.02 Å². The average molecular weight is 487 g/mol. The van der Waals surface area contributed by atoms with Gasteiger partial charge in [-0.2, -0.15) is 0 Å². The van der Waals surface area contributed by atoms with Gasteiger partial charge in [-0.05, 0) is 74.0 Å². The van der Waals surface area contributed by atoms with Gasteiger partial charge in [0.25, 0.3) is 0 Å². The number of benzene rings is 2. The molecule has 1 saturated heterocycles. The molecular weight excluding hydrogens is 459 g/mol. The Morgan fingerprint density at radius 1 is 1.26 bits per heavy atom. The number of aliphatic hydroxyl groups excluding tert-OH is 1. The quantitative estimate of drug-likeness (QED) is 0.449. The van der Waals surface area contributed by atoms with Crippen molar-refractivity contribution in [3.63, 3.8) is 0 Å². The maximum Gasteiger partial charge on any atom is 0.238 e.